The summed E-state index contributed by atoms with van der Waals surface area (Å²) in [5, 5.41) is 10.3. The Balaban J connectivity index is 0.00000174. The molecule has 0 amide bonds. The summed E-state index contributed by atoms with van der Waals surface area (Å²) >= 11 is 0. The first-order chi connectivity index (χ1) is 28.9. The van der Waals surface area contributed by atoms with Crippen molar-refractivity contribution in [2.75, 3.05) is 0 Å². The van der Waals surface area contributed by atoms with Gasteiger partial charge >= 0.3 is 0 Å². The third-order valence-electron chi connectivity index (χ3n) is 12.1. The number of hydrogen-bond donors (Lipinski definition) is 0. The molecule has 2 unspecified atom stereocenters. The zero-order valence-electron chi connectivity index (χ0n) is 36.0. The molecule has 6 aromatic rings. The van der Waals surface area contributed by atoms with E-state index in [0.717, 1.165) is 12.8 Å². The molecule has 0 saturated carbocycles. The topological polar surface area (TPSA) is 0 Å². The minimum atomic E-state index is 0. The van der Waals surface area contributed by atoms with Gasteiger partial charge in [0.25, 0.3) is 0 Å². The van der Waals surface area contributed by atoms with Gasteiger partial charge in [-0.3, -0.25) is 0 Å². The molecule has 2 aliphatic rings. The van der Waals surface area contributed by atoms with Crippen molar-refractivity contribution < 1.29 is 0 Å². The fourth-order valence-electron chi connectivity index (χ4n) is 9.54. The van der Waals surface area contributed by atoms with E-state index in [-0.39, 0.29) is 20.8 Å². The minimum Gasteiger partial charge on any atom is -0.0984 e. The first-order valence-electron chi connectivity index (χ1n) is 21.6. The SMILES string of the molecule is C.C.C=C/C1=C(\C(C)=c2/cccc/c2=C/C)C(C)/C=C\C=C/C/C(C2=CC=C(c3c4ccccc4c(-c4cccc5ccccc45)c4ccccc34)CC2C)=C1/C=C\C.CC. The van der Waals surface area contributed by atoms with Crippen LogP contribution in [0.2, 0.25) is 0 Å². The predicted molar refractivity (Wildman–Crippen MR) is 275 cm³/mol. The number of benzene rings is 6. The van der Waals surface area contributed by atoms with Crippen molar-refractivity contribution in [3.8, 4) is 11.1 Å². The van der Waals surface area contributed by atoms with Crippen LogP contribution in [0, 0.1) is 11.8 Å². The molecular weight excluding hydrogens is 733 g/mol. The van der Waals surface area contributed by atoms with Crippen LogP contribution in [0.3, 0.4) is 0 Å². The molecule has 2 aliphatic carbocycles. The number of allylic oxidation sites excluding steroid dienone is 15. The lowest BCUT2D eigenvalue weighted by Crippen LogP contribution is -2.27. The molecule has 2 atom stereocenters. The molecule has 61 heavy (non-hydrogen) atoms. The number of fused-ring (bicyclic) bond motifs is 3. The van der Waals surface area contributed by atoms with E-state index in [4.69, 9.17) is 0 Å². The fourth-order valence-corrected chi connectivity index (χ4v) is 9.54. The lowest BCUT2D eigenvalue weighted by Gasteiger charge is -2.29. The Kier molecular flexibility index (Phi) is 15.7. The Hall–Kier alpha value is -6.24. The van der Waals surface area contributed by atoms with E-state index in [0.29, 0.717) is 5.92 Å². The molecule has 0 spiro atoms. The zero-order chi connectivity index (χ0) is 41.5. The van der Waals surface area contributed by atoms with Gasteiger partial charge in [0, 0.05) is 5.92 Å². The van der Waals surface area contributed by atoms with Crippen molar-refractivity contribution in [1.29, 1.82) is 0 Å². The summed E-state index contributed by atoms with van der Waals surface area (Å²) in [4.78, 5) is 0. The standard InChI is InChI=1S/C57H52.C2H6.2CH4/c1-7-22-48-44(9-3)55(40(6)46-27-15-13-24-41(46)8-2)38(4)23-11-10-12-29-49(48)45-36-35-43(37-39(45)5)56-51-30-17-19-32-53(51)57(54-33-20-18-31-52(54)56)50-34-21-26-42-25-14-16-28-47(42)50;1-2;;/h7-28,30-36,38-39H,3,29,37H2,1-2,4-6H3;1-2H3;2*1H4/b12-10-,22-7-,23-11-,41-8-,46-40+,49-48+,55-44+;;;. The minimum absolute atomic E-state index is 0. The fraction of sp³-hybridized carbons (Fsp3) is 0.213. The predicted octanol–water partition coefficient (Wildman–Crippen LogP) is 16.6. The Bertz CT molecular complexity index is 2850. The quantitative estimate of drug-likeness (QED) is 0.147. The second-order valence-corrected chi connectivity index (χ2v) is 15.5. The monoisotopic (exact) mass is 799 g/mol. The summed E-state index contributed by atoms with van der Waals surface area (Å²) in [6, 6.07) is 42.4. The molecule has 0 bridgehead atoms. The molecule has 310 valence electrons. The van der Waals surface area contributed by atoms with E-state index in [9.17, 15) is 0 Å². The molecule has 0 radical (unpaired) electrons. The first-order valence-corrected chi connectivity index (χ1v) is 21.6. The van der Waals surface area contributed by atoms with E-state index in [1.165, 1.54) is 98.5 Å². The average molecular weight is 799 g/mol. The molecular formula is C61H66. The normalized spacial score (nSPS) is 21.1. The van der Waals surface area contributed by atoms with Crippen LogP contribution in [-0.4, -0.2) is 0 Å². The van der Waals surface area contributed by atoms with Gasteiger partial charge < -0.3 is 0 Å². The lowest BCUT2D eigenvalue weighted by atomic mass is 9.75. The van der Waals surface area contributed by atoms with Crippen molar-refractivity contribution in [2.24, 2.45) is 11.8 Å². The van der Waals surface area contributed by atoms with E-state index in [2.05, 4.69) is 217 Å². The molecule has 0 fully saturated rings. The second-order valence-electron chi connectivity index (χ2n) is 15.5. The summed E-state index contributed by atoms with van der Waals surface area (Å²) in [6.07, 6.45) is 24.6. The Morgan fingerprint density at radius 1 is 0.656 bits per heavy atom. The number of hydrogen-bond acceptors (Lipinski definition) is 0. The first kappa shape index (κ1) is 45.8. The highest BCUT2D eigenvalue weighted by Crippen LogP contribution is 2.47. The van der Waals surface area contributed by atoms with Crippen molar-refractivity contribution >= 4 is 49.5 Å². The Labute approximate surface area is 367 Å². The number of rotatable bonds is 6. The van der Waals surface area contributed by atoms with Gasteiger partial charge in [-0.25, -0.2) is 0 Å². The van der Waals surface area contributed by atoms with Crippen LogP contribution in [-0.2, 0) is 0 Å². The maximum Gasteiger partial charge on any atom is 0.000168 e. The van der Waals surface area contributed by atoms with Gasteiger partial charge in [-0.15, -0.1) is 0 Å². The maximum atomic E-state index is 4.48. The molecule has 0 N–H and O–H groups in total. The van der Waals surface area contributed by atoms with Crippen molar-refractivity contribution in [2.45, 2.75) is 76.2 Å². The summed E-state index contributed by atoms with van der Waals surface area (Å²) < 4.78 is 0. The second kappa shape index (κ2) is 20.8. The molecule has 0 heterocycles. The van der Waals surface area contributed by atoms with E-state index in [1.807, 2.05) is 13.8 Å². The smallest absolute Gasteiger partial charge is 0.000168 e. The third-order valence-corrected chi connectivity index (χ3v) is 12.1. The van der Waals surface area contributed by atoms with E-state index >= 15 is 0 Å². The van der Waals surface area contributed by atoms with E-state index < -0.39 is 0 Å². The largest absolute Gasteiger partial charge is 0.0984 e. The van der Waals surface area contributed by atoms with Crippen molar-refractivity contribution in [3.05, 3.63) is 220 Å². The Morgan fingerprint density at radius 3 is 1.87 bits per heavy atom. The van der Waals surface area contributed by atoms with E-state index in [1.54, 1.807) is 0 Å². The molecule has 0 aromatic heterocycles. The molecule has 0 heteroatoms. The highest BCUT2D eigenvalue weighted by atomic mass is 14.3. The van der Waals surface area contributed by atoms with Crippen LogP contribution in [0.1, 0.15) is 81.7 Å². The molecule has 8 rings (SSSR count). The molecule has 0 aliphatic heterocycles. The van der Waals surface area contributed by atoms with Crippen LogP contribution in [0.5, 0.6) is 0 Å². The molecule has 0 nitrogen and oxygen atoms in total. The van der Waals surface area contributed by atoms with Crippen LogP contribution in [0.4, 0.5) is 0 Å². The van der Waals surface area contributed by atoms with Crippen LogP contribution < -0.4 is 10.4 Å². The summed E-state index contributed by atoms with van der Waals surface area (Å²) in [5.74, 6) is 0.490. The highest BCUT2D eigenvalue weighted by molar-refractivity contribution is 6.21. The van der Waals surface area contributed by atoms with Gasteiger partial charge in [0.05, 0.1) is 0 Å². The summed E-state index contributed by atoms with van der Waals surface area (Å²) in [7, 11) is 0. The Morgan fingerprint density at radius 2 is 1.25 bits per heavy atom. The van der Waals surface area contributed by atoms with Gasteiger partial charge in [-0.1, -0.05) is 225 Å². The van der Waals surface area contributed by atoms with Gasteiger partial charge in [-0.05, 0) is 138 Å². The zero-order valence-corrected chi connectivity index (χ0v) is 36.0. The molecule has 0 saturated heterocycles. The van der Waals surface area contributed by atoms with Crippen molar-refractivity contribution in [1.82, 2.24) is 0 Å². The highest BCUT2D eigenvalue weighted by Gasteiger charge is 2.26. The van der Waals surface area contributed by atoms with Gasteiger partial charge in [0.2, 0.25) is 0 Å². The van der Waals surface area contributed by atoms with Crippen LogP contribution in [0.15, 0.2) is 204 Å². The van der Waals surface area contributed by atoms with Crippen molar-refractivity contribution in [3.63, 3.8) is 0 Å². The van der Waals surface area contributed by atoms with Gasteiger partial charge in [0.1, 0.15) is 0 Å². The summed E-state index contributed by atoms with van der Waals surface area (Å²) in [6.45, 7) is 19.8. The van der Waals surface area contributed by atoms with Gasteiger partial charge in [-0.2, -0.15) is 0 Å². The average Bonchev–Trinajstić information content (AvgIpc) is 3.28. The lowest BCUT2D eigenvalue weighted by molar-refractivity contribution is 0.700. The molecule has 6 aromatic carbocycles. The van der Waals surface area contributed by atoms with Crippen LogP contribution in [0.25, 0.3) is 60.7 Å². The third kappa shape index (κ3) is 8.82. The van der Waals surface area contributed by atoms with Crippen LogP contribution >= 0.6 is 0 Å². The summed E-state index contributed by atoms with van der Waals surface area (Å²) in [5.41, 5.74) is 13.2. The van der Waals surface area contributed by atoms with Gasteiger partial charge in [0.15, 0.2) is 0 Å². The maximum absolute atomic E-state index is 4.48.